The Labute approximate surface area is 65.0 Å². The van der Waals surface area contributed by atoms with Gasteiger partial charge >= 0.3 is 0 Å². The van der Waals surface area contributed by atoms with Crippen molar-refractivity contribution in [3.8, 4) is 5.75 Å². The number of nitrogens with zero attached hydrogens (tertiary/aromatic N) is 1. The molecule has 0 N–H and O–H groups in total. The normalized spacial score (nSPS) is 17.5. The number of ether oxygens (including phenoxy) is 2. The quantitative estimate of drug-likeness (QED) is 0.628. The summed E-state index contributed by atoms with van der Waals surface area (Å²) in [5.41, 5.74) is 0. The maximum Gasteiger partial charge on any atom is 0.145 e. The summed E-state index contributed by atoms with van der Waals surface area (Å²) in [5, 5.41) is 0. The summed E-state index contributed by atoms with van der Waals surface area (Å²) in [6, 6.07) is 3.75. The number of aromatic nitrogens is 1. The molecule has 0 saturated carbocycles. The topological polar surface area (TPSA) is 31.4 Å². The molecule has 3 heteroatoms. The van der Waals surface area contributed by atoms with E-state index in [9.17, 15) is 0 Å². The number of rotatable bonds is 2. The third kappa shape index (κ3) is 1.49. The van der Waals surface area contributed by atoms with Gasteiger partial charge in [0, 0.05) is 6.20 Å². The molecule has 0 bridgehead atoms. The van der Waals surface area contributed by atoms with Crippen molar-refractivity contribution in [2.45, 2.75) is 6.10 Å². The molecule has 0 aromatic carbocycles. The van der Waals surface area contributed by atoms with Gasteiger partial charge in [-0.2, -0.15) is 0 Å². The van der Waals surface area contributed by atoms with E-state index in [1.807, 2.05) is 12.1 Å². The average molecular weight is 151 g/mol. The number of hydrogen-bond donors (Lipinski definition) is 0. The molecular weight excluding hydrogens is 142 g/mol. The van der Waals surface area contributed by atoms with Gasteiger partial charge in [-0.05, 0) is 12.1 Å². The zero-order valence-corrected chi connectivity index (χ0v) is 6.06. The van der Waals surface area contributed by atoms with E-state index >= 15 is 0 Å². The standard InChI is InChI=1S/C8H9NO2/c1-2-7(4-9-3-1)11-8-5-10-6-8/h1-4,8H,5-6H2. The van der Waals surface area contributed by atoms with Gasteiger partial charge in [0.05, 0.1) is 19.4 Å². The van der Waals surface area contributed by atoms with Gasteiger partial charge in [0.1, 0.15) is 11.9 Å². The van der Waals surface area contributed by atoms with Crippen LogP contribution in [0.25, 0.3) is 0 Å². The Morgan fingerprint density at radius 2 is 2.45 bits per heavy atom. The fourth-order valence-electron chi connectivity index (χ4n) is 0.891. The highest BCUT2D eigenvalue weighted by Crippen LogP contribution is 2.13. The van der Waals surface area contributed by atoms with Crippen LogP contribution in [0.4, 0.5) is 0 Å². The van der Waals surface area contributed by atoms with Crippen LogP contribution in [0.1, 0.15) is 0 Å². The van der Waals surface area contributed by atoms with Crippen molar-refractivity contribution in [2.75, 3.05) is 13.2 Å². The lowest BCUT2D eigenvalue weighted by Crippen LogP contribution is -2.38. The second-order valence-corrected chi connectivity index (χ2v) is 2.47. The molecule has 0 unspecified atom stereocenters. The van der Waals surface area contributed by atoms with Crippen molar-refractivity contribution in [1.29, 1.82) is 0 Å². The lowest BCUT2D eigenvalue weighted by Gasteiger charge is -2.26. The molecule has 3 nitrogen and oxygen atoms in total. The molecule has 0 spiro atoms. The fraction of sp³-hybridized carbons (Fsp3) is 0.375. The maximum atomic E-state index is 5.46. The second-order valence-electron chi connectivity index (χ2n) is 2.47. The van der Waals surface area contributed by atoms with Gasteiger partial charge in [-0.3, -0.25) is 4.98 Å². The molecule has 2 rings (SSSR count). The van der Waals surface area contributed by atoms with Crippen molar-refractivity contribution < 1.29 is 9.47 Å². The third-order valence-electron chi connectivity index (χ3n) is 1.54. The van der Waals surface area contributed by atoms with Crippen LogP contribution in [-0.4, -0.2) is 24.3 Å². The number of hydrogen-bond acceptors (Lipinski definition) is 3. The average Bonchev–Trinajstić information content (AvgIpc) is 1.99. The van der Waals surface area contributed by atoms with Crippen LogP contribution in [0.15, 0.2) is 24.5 Å². The summed E-state index contributed by atoms with van der Waals surface area (Å²) in [4.78, 5) is 3.93. The third-order valence-corrected chi connectivity index (χ3v) is 1.54. The van der Waals surface area contributed by atoms with E-state index in [0.29, 0.717) is 13.2 Å². The molecule has 1 aromatic heterocycles. The Morgan fingerprint density at radius 3 is 3.00 bits per heavy atom. The van der Waals surface area contributed by atoms with Crippen molar-refractivity contribution >= 4 is 0 Å². The van der Waals surface area contributed by atoms with Crippen LogP contribution in [-0.2, 0) is 4.74 Å². The minimum atomic E-state index is 0.235. The Morgan fingerprint density at radius 1 is 1.55 bits per heavy atom. The van der Waals surface area contributed by atoms with E-state index in [1.54, 1.807) is 12.4 Å². The molecule has 1 aliphatic heterocycles. The molecule has 11 heavy (non-hydrogen) atoms. The monoisotopic (exact) mass is 151 g/mol. The molecule has 1 fully saturated rings. The first kappa shape index (κ1) is 6.61. The summed E-state index contributed by atoms with van der Waals surface area (Å²) in [6.07, 6.45) is 3.67. The minimum Gasteiger partial charge on any atom is -0.484 e. The summed E-state index contributed by atoms with van der Waals surface area (Å²) < 4.78 is 10.4. The zero-order valence-electron chi connectivity index (χ0n) is 6.06. The van der Waals surface area contributed by atoms with Crippen molar-refractivity contribution in [3.63, 3.8) is 0 Å². The smallest absolute Gasteiger partial charge is 0.145 e. The van der Waals surface area contributed by atoms with Gasteiger partial charge in [-0.15, -0.1) is 0 Å². The van der Waals surface area contributed by atoms with Gasteiger partial charge in [0.2, 0.25) is 0 Å². The van der Waals surface area contributed by atoms with E-state index in [0.717, 1.165) is 5.75 Å². The molecule has 0 radical (unpaired) electrons. The fourth-order valence-corrected chi connectivity index (χ4v) is 0.891. The van der Waals surface area contributed by atoms with E-state index in [2.05, 4.69) is 4.98 Å². The Kier molecular flexibility index (Phi) is 1.73. The highest BCUT2D eigenvalue weighted by molar-refractivity contribution is 5.16. The predicted octanol–water partition coefficient (Wildman–Crippen LogP) is 0.859. The molecule has 0 aliphatic carbocycles. The summed E-state index contributed by atoms with van der Waals surface area (Å²) in [7, 11) is 0. The lowest BCUT2D eigenvalue weighted by molar-refractivity contribution is -0.0798. The summed E-state index contributed by atoms with van der Waals surface area (Å²) in [6.45, 7) is 1.41. The molecule has 1 aromatic rings. The largest absolute Gasteiger partial charge is 0.484 e. The van der Waals surface area contributed by atoms with Crippen molar-refractivity contribution in [1.82, 2.24) is 4.98 Å². The predicted molar refractivity (Wildman–Crippen MR) is 39.5 cm³/mol. The highest BCUT2D eigenvalue weighted by Gasteiger charge is 2.19. The molecule has 1 saturated heterocycles. The van der Waals surface area contributed by atoms with Crippen molar-refractivity contribution in [3.05, 3.63) is 24.5 Å². The Bertz CT molecular complexity index is 221. The van der Waals surface area contributed by atoms with E-state index in [4.69, 9.17) is 9.47 Å². The highest BCUT2D eigenvalue weighted by atomic mass is 16.6. The first-order valence-corrected chi connectivity index (χ1v) is 3.59. The molecule has 0 amide bonds. The molecule has 1 aliphatic rings. The van der Waals surface area contributed by atoms with Crippen LogP contribution >= 0.6 is 0 Å². The van der Waals surface area contributed by atoms with Crippen LogP contribution < -0.4 is 4.74 Å². The van der Waals surface area contributed by atoms with E-state index in [-0.39, 0.29) is 6.10 Å². The first-order valence-electron chi connectivity index (χ1n) is 3.59. The van der Waals surface area contributed by atoms with Gasteiger partial charge in [-0.25, -0.2) is 0 Å². The van der Waals surface area contributed by atoms with Gasteiger partial charge in [0.25, 0.3) is 0 Å². The molecular formula is C8H9NO2. The van der Waals surface area contributed by atoms with Crippen LogP contribution in [0.2, 0.25) is 0 Å². The first-order chi connectivity index (χ1) is 5.45. The maximum absolute atomic E-state index is 5.46. The zero-order chi connectivity index (χ0) is 7.52. The van der Waals surface area contributed by atoms with E-state index in [1.165, 1.54) is 0 Å². The van der Waals surface area contributed by atoms with Crippen LogP contribution in [0, 0.1) is 0 Å². The summed E-state index contributed by atoms with van der Waals surface area (Å²) in [5.74, 6) is 0.820. The molecule has 0 atom stereocenters. The second kappa shape index (κ2) is 2.88. The SMILES string of the molecule is c1cncc(OC2COC2)c1. The van der Waals surface area contributed by atoms with Crippen LogP contribution in [0.5, 0.6) is 5.75 Å². The summed E-state index contributed by atoms with van der Waals surface area (Å²) >= 11 is 0. The van der Waals surface area contributed by atoms with Crippen LogP contribution in [0.3, 0.4) is 0 Å². The minimum absolute atomic E-state index is 0.235. The lowest BCUT2D eigenvalue weighted by atomic mass is 10.3. The molecule has 2 heterocycles. The van der Waals surface area contributed by atoms with Crippen molar-refractivity contribution in [2.24, 2.45) is 0 Å². The molecule has 58 valence electrons. The van der Waals surface area contributed by atoms with Gasteiger partial charge in [-0.1, -0.05) is 0 Å². The van der Waals surface area contributed by atoms with Gasteiger partial charge in [0.15, 0.2) is 0 Å². The van der Waals surface area contributed by atoms with E-state index < -0.39 is 0 Å². The Balaban J connectivity index is 1.95. The van der Waals surface area contributed by atoms with Gasteiger partial charge < -0.3 is 9.47 Å². The number of pyridine rings is 1. The Hall–Kier alpha value is -1.09.